The Morgan fingerprint density at radius 3 is 2.35 bits per heavy atom. The lowest BCUT2D eigenvalue weighted by Gasteiger charge is -2.35. The van der Waals surface area contributed by atoms with Gasteiger partial charge in [-0.1, -0.05) is 26.7 Å². The van der Waals surface area contributed by atoms with Crippen LogP contribution in [0.5, 0.6) is 0 Å². The maximum Gasteiger partial charge on any atom is 0.0920 e. The first-order valence-corrected chi connectivity index (χ1v) is 7.09. The fraction of sp³-hybridized carbons (Fsp3) is 0.929. The number of nitrogens with zero attached hydrogens (tertiary/aromatic N) is 1. The molecule has 1 atom stereocenters. The van der Waals surface area contributed by atoms with Gasteiger partial charge in [-0.3, -0.25) is 10.3 Å². The van der Waals surface area contributed by atoms with Gasteiger partial charge in [-0.15, -0.1) is 0 Å². The van der Waals surface area contributed by atoms with Gasteiger partial charge >= 0.3 is 0 Å². The summed E-state index contributed by atoms with van der Waals surface area (Å²) in [4.78, 5) is 2.61. The molecule has 0 aromatic rings. The van der Waals surface area contributed by atoms with Crippen LogP contribution in [0.15, 0.2) is 0 Å². The monoisotopic (exact) mass is 239 g/mol. The molecule has 1 saturated carbocycles. The fourth-order valence-corrected chi connectivity index (χ4v) is 2.84. The predicted molar refractivity (Wildman–Crippen MR) is 74.4 cm³/mol. The Labute approximate surface area is 106 Å². The van der Waals surface area contributed by atoms with Gasteiger partial charge in [-0.25, -0.2) is 0 Å². The Hall–Kier alpha value is -0.570. The Morgan fingerprint density at radius 1 is 1.29 bits per heavy atom. The van der Waals surface area contributed by atoms with E-state index < -0.39 is 0 Å². The molecular formula is C14H29N3. The summed E-state index contributed by atoms with van der Waals surface area (Å²) >= 11 is 0. The SMILES string of the molecule is CC(C)CCN(C(C)CC(=N)N)C1CCCC1. The maximum atomic E-state index is 7.46. The van der Waals surface area contributed by atoms with Crippen LogP contribution in [0.3, 0.4) is 0 Å². The van der Waals surface area contributed by atoms with Crippen molar-refractivity contribution in [2.24, 2.45) is 11.7 Å². The van der Waals surface area contributed by atoms with Crippen molar-refractivity contribution in [1.29, 1.82) is 5.41 Å². The van der Waals surface area contributed by atoms with E-state index in [4.69, 9.17) is 11.1 Å². The standard InChI is InChI=1S/C14H29N3/c1-11(2)8-9-17(12(3)10-14(15)16)13-6-4-5-7-13/h11-13H,4-10H2,1-3H3,(H3,15,16). The van der Waals surface area contributed by atoms with Gasteiger partial charge < -0.3 is 5.73 Å². The normalized spacial score (nSPS) is 19.1. The topological polar surface area (TPSA) is 53.1 Å². The molecule has 0 saturated heterocycles. The second-order valence-corrected chi connectivity index (χ2v) is 5.94. The molecule has 3 N–H and O–H groups in total. The van der Waals surface area contributed by atoms with Crippen LogP contribution in [0.25, 0.3) is 0 Å². The van der Waals surface area contributed by atoms with E-state index in [9.17, 15) is 0 Å². The van der Waals surface area contributed by atoms with E-state index in [2.05, 4.69) is 25.7 Å². The summed E-state index contributed by atoms with van der Waals surface area (Å²) in [5.74, 6) is 1.08. The van der Waals surface area contributed by atoms with Gasteiger partial charge in [-0.2, -0.15) is 0 Å². The molecule has 1 fully saturated rings. The Kier molecular flexibility index (Phi) is 5.96. The quantitative estimate of drug-likeness (QED) is 0.530. The minimum Gasteiger partial charge on any atom is -0.388 e. The minimum absolute atomic E-state index is 0.324. The zero-order chi connectivity index (χ0) is 12.8. The summed E-state index contributed by atoms with van der Waals surface area (Å²) < 4.78 is 0. The van der Waals surface area contributed by atoms with E-state index in [0.717, 1.165) is 18.5 Å². The third kappa shape index (κ3) is 5.07. The van der Waals surface area contributed by atoms with Gasteiger partial charge in [0.2, 0.25) is 0 Å². The van der Waals surface area contributed by atoms with E-state index in [1.54, 1.807) is 0 Å². The summed E-state index contributed by atoms with van der Waals surface area (Å²) in [5, 5.41) is 7.46. The highest BCUT2D eigenvalue weighted by molar-refractivity contribution is 5.77. The molecule has 0 bridgehead atoms. The summed E-state index contributed by atoms with van der Waals surface area (Å²) in [5.41, 5.74) is 5.54. The molecule has 1 aliphatic carbocycles. The van der Waals surface area contributed by atoms with Crippen molar-refractivity contribution in [3.05, 3.63) is 0 Å². The Balaban J connectivity index is 2.53. The number of amidine groups is 1. The fourth-order valence-electron chi connectivity index (χ4n) is 2.84. The molecule has 1 aliphatic rings. The van der Waals surface area contributed by atoms with Crippen molar-refractivity contribution in [2.45, 2.75) is 71.4 Å². The van der Waals surface area contributed by atoms with Gasteiger partial charge in [0, 0.05) is 18.5 Å². The zero-order valence-electron chi connectivity index (χ0n) is 11.7. The molecule has 1 unspecified atom stereocenters. The minimum atomic E-state index is 0.324. The largest absolute Gasteiger partial charge is 0.388 e. The van der Waals surface area contributed by atoms with E-state index in [1.165, 1.54) is 32.1 Å². The molecule has 0 amide bonds. The number of rotatable bonds is 7. The third-order valence-electron chi connectivity index (χ3n) is 3.84. The molecule has 0 aromatic heterocycles. The van der Waals surface area contributed by atoms with E-state index in [0.29, 0.717) is 18.3 Å². The van der Waals surface area contributed by atoms with Crippen LogP contribution in [0.4, 0.5) is 0 Å². The molecule has 17 heavy (non-hydrogen) atoms. The second kappa shape index (κ2) is 7.00. The molecule has 0 aromatic carbocycles. The lowest BCUT2D eigenvalue weighted by atomic mass is 10.0. The van der Waals surface area contributed by atoms with Crippen molar-refractivity contribution in [2.75, 3.05) is 6.54 Å². The molecule has 100 valence electrons. The van der Waals surface area contributed by atoms with Crippen molar-refractivity contribution in [1.82, 2.24) is 4.90 Å². The smallest absolute Gasteiger partial charge is 0.0920 e. The third-order valence-corrected chi connectivity index (χ3v) is 3.84. The van der Waals surface area contributed by atoms with Crippen molar-refractivity contribution >= 4 is 5.84 Å². The van der Waals surface area contributed by atoms with Crippen molar-refractivity contribution < 1.29 is 0 Å². The molecule has 0 spiro atoms. The highest BCUT2D eigenvalue weighted by atomic mass is 15.2. The van der Waals surface area contributed by atoms with E-state index >= 15 is 0 Å². The number of hydrogen-bond acceptors (Lipinski definition) is 2. The van der Waals surface area contributed by atoms with Crippen LogP contribution in [-0.2, 0) is 0 Å². The molecule has 0 heterocycles. The first kappa shape index (κ1) is 14.5. The lowest BCUT2D eigenvalue weighted by molar-refractivity contribution is 0.140. The molecule has 3 nitrogen and oxygen atoms in total. The Bertz CT molecular complexity index is 232. The van der Waals surface area contributed by atoms with E-state index in [-0.39, 0.29) is 0 Å². The van der Waals surface area contributed by atoms with Crippen LogP contribution >= 0.6 is 0 Å². The number of nitrogens with one attached hydrogen (secondary N) is 1. The van der Waals surface area contributed by atoms with Gasteiger partial charge in [0.25, 0.3) is 0 Å². The average molecular weight is 239 g/mol. The molecular weight excluding hydrogens is 210 g/mol. The van der Waals surface area contributed by atoms with Crippen LogP contribution < -0.4 is 5.73 Å². The summed E-state index contributed by atoms with van der Waals surface area (Å²) in [6.45, 7) is 7.95. The first-order valence-electron chi connectivity index (χ1n) is 7.09. The van der Waals surface area contributed by atoms with Crippen molar-refractivity contribution in [3.8, 4) is 0 Å². The number of nitrogens with two attached hydrogens (primary N) is 1. The predicted octanol–water partition coefficient (Wildman–Crippen LogP) is 2.99. The molecule has 0 aliphatic heterocycles. The van der Waals surface area contributed by atoms with Gasteiger partial charge in [0.15, 0.2) is 0 Å². The van der Waals surface area contributed by atoms with Gasteiger partial charge in [0.05, 0.1) is 5.84 Å². The zero-order valence-corrected chi connectivity index (χ0v) is 11.7. The molecule has 0 radical (unpaired) electrons. The van der Waals surface area contributed by atoms with Crippen LogP contribution in [0, 0.1) is 11.3 Å². The van der Waals surface area contributed by atoms with Crippen LogP contribution in [0.1, 0.15) is 59.3 Å². The van der Waals surface area contributed by atoms with Gasteiger partial charge in [0.1, 0.15) is 0 Å². The highest BCUT2D eigenvalue weighted by Crippen LogP contribution is 2.26. The van der Waals surface area contributed by atoms with Crippen molar-refractivity contribution in [3.63, 3.8) is 0 Å². The average Bonchev–Trinajstić information content (AvgIpc) is 2.69. The van der Waals surface area contributed by atoms with Crippen LogP contribution in [0.2, 0.25) is 0 Å². The van der Waals surface area contributed by atoms with Crippen LogP contribution in [-0.4, -0.2) is 29.4 Å². The summed E-state index contributed by atoms with van der Waals surface area (Å²) in [6, 6.07) is 1.16. The highest BCUT2D eigenvalue weighted by Gasteiger charge is 2.26. The summed E-state index contributed by atoms with van der Waals surface area (Å²) in [6.07, 6.45) is 7.37. The first-order chi connectivity index (χ1) is 8.00. The summed E-state index contributed by atoms with van der Waals surface area (Å²) in [7, 11) is 0. The molecule has 1 rings (SSSR count). The number of hydrogen-bond donors (Lipinski definition) is 2. The molecule has 3 heteroatoms. The van der Waals surface area contributed by atoms with E-state index in [1.807, 2.05) is 0 Å². The lowest BCUT2D eigenvalue weighted by Crippen LogP contribution is -2.43. The Morgan fingerprint density at radius 2 is 1.88 bits per heavy atom. The second-order valence-electron chi connectivity index (χ2n) is 5.94. The maximum absolute atomic E-state index is 7.46. The van der Waals surface area contributed by atoms with Gasteiger partial charge in [-0.05, 0) is 38.6 Å².